The Bertz CT molecular complexity index is 806. The Hall–Kier alpha value is -1.51. The number of hydrogen-bond donors (Lipinski definition) is 1. The van der Waals surface area contributed by atoms with E-state index in [9.17, 15) is 0 Å². The molecule has 0 aliphatic rings. The van der Waals surface area contributed by atoms with E-state index in [1.54, 1.807) is 0 Å². The standard InChI is InChI=1S/C23H32N2.ClH/c1-3-5-6-7-8-11-16-24-18-19-14-15-23-21(17-19)20-12-9-10-13-22(20)25(23)4-2;/h9-10,12-15,17,24H,3-8,11,16,18H2,1-2H3;1H. The van der Waals surface area contributed by atoms with Gasteiger partial charge in [-0.15, -0.1) is 12.4 Å². The van der Waals surface area contributed by atoms with Gasteiger partial charge >= 0.3 is 0 Å². The van der Waals surface area contributed by atoms with E-state index in [4.69, 9.17) is 0 Å². The lowest BCUT2D eigenvalue weighted by Gasteiger charge is -2.07. The third-order valence-corrected chi connectivity index (χ3v) is 5.19. The zero-order valence-corrected chi connectivity index (χ0v) is 17.1. The Kier molecular flexibility index (Phi) is 8.47. The molecule has 1 N–H and O–H groups in total. The van der Waals surface area contributed by atoms with E-state index in [1.165, 1.54) is 65.9 Å². The van der Waals surface area contributed by atoms with Crippen LogP contribution < -0.4 is 5.32 Å². The normalized spacial score (nSPS) is 11.2. The zero-order valence-electron chi connectivity index (χ0n) is 16.3. The van der Waals surface area contributed by atoms with Crippen LogP contribution in [-0.4, -0.2) is 11.1 Å². The lowest BCUT2D eigenvalue weighted by molar-refractivity contribution is 0.572. The summed E-state index contributed by atoms with van der Waals surface area (Å²) in [7, 11) is 0. The molecule has 0 bridgehead atoms. The van der Waals surface area contributed by atoms with E-state index < -0.39 is 0 Å². The highest BCUT2D eigenvalue weighted by Gasteiger charge is 2.09. The maximum Gasteiger partial charge on any atom is 0.0491 e. The summed E-state index contributed by atoms with van der Waals surface area (Å²) in [6, 6.07) is 15.7. The van der Waals surface area contributed by atoms with Crippen molar-refractivity contribution in [3.05, 3.63) is 48.0 Å². The average Bonchev–Trinajstić information content (AvgIpc) is 2.97. The largest absolute Gasteiger partial charge is 0.341 e. The van der Waals surface area contributed by atoms with E-state index in [-0.39, 0.29) is 12.4 Å². The predicted molar refractivity (Wildman–Crippen MR) is 117 cm³/mol. The third kappa shape index (κ3) is 4.81. The molecule has 0 aliphatic carbocycles. The Balaban J connectivity index is 0.00000243. The number of nitrogens with zero attached hydrogens (tertiary/aromatic N) is 1. The fourth-order valence-corrected chi connectivity index (χ4v) is 3.81. The van der Waals surface area contributed by atoms with Gasteiger partial charge < -0.3 is 9.88 Å². The molecule has 0 saturated carbocycles. The van der Waals surface area contributed by atoms with Crippen LogP contribution in [-0.2, 0) is 13.1 Å². The molecular weight excluding hydrogens is 340 g/mol. The third-order valence-electron chi connectivity index (χ3n) is 5.19. The molecule has 3 rings (SSSR count). The van der Waals surface area contributed by atoms with E-state index in [1.807, 2.05) is 0 Å². The summed E-state index contributed by atoms with van der Waals surface area (Å²) in [6.07, 6.45) is 8.15. The number of rotatable bonds is 10. The molecule has 0 fully saturated rings. The van der Waals surface area contributed by atoms with Crippen LogP contribution in [0.2, 0.25) is 0 Å². The predicted octanol–water partition coefficient (Wildman–Crippen LogP) is 6.69. The monoisotopic (exact) mass is 372 g/mol. The zero-order chi connectivity index (χ0) is 17.5. The molecular formula is C23H33ClN2. The Morgan fingerprint density at radius 2 is 1.54 bits per heavy atom. The first kappa shape index (κ1) is 20.8. The molecule has 26 heavy (non-hydrogen) atoms. The molecule has 3 aromatic rings. The quantitative estimate of drug-likeness (QED) is 0.392. The van der Waals surface area contributed by atoms with Gasteiger partial charge in [-0.2, -0.15) is 0 Å². The molecule has 0 atom stereocenters. The molecule has 3 heteroatoms. The van der Waals surface area contributed by atoms with Crippen molar-refractivity contribution in [2.45, 2.75) is 65.5 Å². The molecule has 0 spiro atoms. The first-order chi connectivity index (χ1) is 12.3. The van der Waals surface area contributed by atoms with Crippen molar-refractivity contribution in [2.24, 2.45) is 0 Å². The maximum absolute atomic E-state index is 3.62. The van der Waals surface area contributed by atoms with Crippen molar-refractivity contribution in [3.63, 3.8) is 0 Å². The van der Waals surface area contributed by atoms with Crippen LogP contribution in [0.4, 0.5) is 0 Å². The first-order valence-electron chi connectivity index (χ1n) is 10.1. The molecule has 0 amide bonds. The Labute approximate surface area is 164 Å². The highest BCUT2D eigenvalue weighted by atomic mass is 35.5. The fraction of sp³-hybridized carbons (Fsp3) is 0.478. The molecule has 2 nitrogen and oxygen atoms in total. The van der Waals surface area contributed by atoms with Crippen molar-refractivity contribution in [3.8, 4) is 0 Å². The number of benzene rings is 2. The van der Waals surface area contributed by atoms with Crippen LogP contribution in [0.5, 0.6) is 0 Å². The molecule has 0 aliphatic heterocycles. The minimum absolute atomic E-state index is 0. The summed E-state index contributed by atoms with van der Waals surface area (Å²) in [5.41, 5.74) is 4.08. The van der Waals surface area contributed by atoms with Crippen LogP contribution in [0.1, 0.15) is 57.9 Å². The molecule has 0 radical (unpaired) electrons. The van der Waals surface area contributed by atoms with Gasteiger partial charge in [-0.3, -0.25) is 0 Å². The van der Waals surface area contributed by atoms with Crippen LogP contribution in [0.25, 0.3) is 21.8 Å². The second-order valence-electron chi connectivity index (χ2n) is 7.06. The van der Waals surface area contributed by atoms with Gasteiger partial charge in [0.05, 0.1) is 0 Å². The smallest absolute Gasteiger partial charge is 0.0491 e. The number of nitrogens with one attached hydrogen (secondary N) is 1. The van der Waals surface area contributed by atoms with E-state index in [2.05, 4.69) is 66.2 Å². The fourth-order valence-electron chi connectivity index (χ4n) is 3.81. The van der Waals surface area contributed by atoms with Crippen LogP contribution in [0, 0.1) is 0 Å². The molecule has 1 aromatic heterocycles. The average molecular weight is 373 g/mol. The molecule has 1 heterocycles. The van der Waals surface area contributed by atoms with Crippen LogP contribution in [0.3, 0.4) is 0 Å². The number of hydrogen-bond acceptors (Lipinski definition) is 1. The van der Waals surface area contributed by atoms with Gasteiger partial charge in [0.15, 0.2) is 0 Å². The maximum atomic E-state index is 3.62. The number of para-hydroxylation sites is 1. The van der Waals surface area contributed by atoms with E-state index >= 15 is 0 Å². The van der Waals surface area contributed by atoms with Gasteiger partial charge in [0.25, 0.3) is 0 Å². The summed E-state index contributed by atoms with van der Waals surface area (Å²) in [5, 5.41) is 6.38. The number of unbranched alkanes of at least 4 members (excludes halogenated alkanes) is 5. The van der Waals surface area contributed by atoms with E-state index in [0.717, 1.165) is 19.6 Å². The lowest BCUT2D eigenvalue weighted by atomic mass is 10.1. The summed E-state index contributed by atoms with van der Waals surface area (Å²) in [6.45, 7) is 7.61. The van der Waals surface area contributed by atoms with Gasteiger partial charge in [0.1, 0.15) is 0 Å². The van der Waals surface area contributed by atoms with Crippen molar-refractivity contribution >= 4 is 34.2 Å². The number of aryl methyl sites for hydroxylation is 1. The molecule has 142 valence electrons. The van der Waals surface area contributed by atoms with Crippen molar-refractivity contribution in [2.75, 3.05) is 6.54 Å². The van der Waals surface area contributed by atoms with Crippen molar-refractivity contribution in [1.29, 1.82) is 0 Å². The van der Waals surface area contributed by atoms with Crippen molar-refractivity contribution < 1.29 is 0 Å². The van der Waals surface area contributed by atoms with Crippen molar-refractivity contribution in [1.82, 2.24) is 9.88 Å². The molecule has 0 saturated heterocycles. The van der Waals surface area contributed by atoms with Crippen LogP contribution in [0.15, 0.2) is 42.5 Å². The summed E-state index contributed by atoms with van der Waals surface area (Å²) < 4.78 is 2.41. The van der Waals surface area contributed by atoms with E-state index in [0.29, 0.717) is 0 Å². The summed E-state index contributed by atoms with van der Waals surface area (Å²) >= 11 is 0. The Morgan fingerprint density at radius 1 is 0.808 bits per heavy atom. The van der Waals surface area contributed by atoms with Gasteiger partial charge in [0, 0.05) is 34.9 Å². The van der Waals surface area contributed by atoms with Gasteiger partial charge in [-0.25, -0.2) is 0 Å². The summed E-state index contributed by atoms with van der Waals surface area (Å²) in [4.78, 5) is 0. The first-order valence-corrected chi connectivity index (χ1v) is 10.1. The second-order valence-corrected chi connectivity index (χ2v) is 7.06. The highest BCUT2D eigenvalue weighted by molar-refractivity contribution is 6.08. The second kappa shape index (κ2) is 10.6. The van der Waals surface area contributed by atoms with Crippen LogP contribution >= 0.6 is 12.4 Å². The number of aromatic nitrogens is 1. The molecule has 2 aromatic carbocycles. The topological polar surface area (TPSA) is 17.0 Å². The highest BCUT2D eigenvalue weighted by Crippen LogP contribution is 2.29. The van der Waals surface area contributed by atoms with Gasteiger partial charge in [-0.1, -0.05) is 63.3 Å². The van der Waals surface area contributed by atoms with Gasteiger partial charge in [-0.05, 0) is 43.7 Å². The molecule has 0 unspecified atom stereocenters. The minimum atomic E-state index is 0. The lowest BCUT2D eigenvalue weighted by Crippen LogP contribution is -2.14. The SMILES string of the molecule is CCCCCCCCNCc1ccc2c(c1)c1ccccc1n2CC.Cl. The number of fused-ring (bicyclic) bond motifs is 3. The summed E-state index contributed by atoms with van der Waals surface area (Å²) in [5.74, 6) is 0. The van der Waals surface area contributed by atoms with Gasteiger partial charge in [0.2, 0.25) is 0 Å². The number of halogens is 1. The minimum Gasteiger partial charge on any atom is -0.341 e. The Morgan fingerprint density at radius 3 is 2.35 bits per heavy atom.